The van der Waals surface area contributed by atoms with E-state index in [1.165, 1.54) is 12.1 Å². The molecule has 0 aliphatic rings. The van der Waals surface area contributed by atoms with Crippen molar-refractivity contribution in [3.8, 4) is 0 Å². The van der Waals surface area contributed by atoms with Crippen LogP contribution in [0.4, 0.5) is 25.8 Å². The van der Waals surface area contributed by atoms with Crippen molar-refractivity contribution in [3.05, 3.63) is 63.2 Å². The fraction of sp³-hybridized carbons (Fsp3) is 0. The zero-order valence-corrected chi connectivity index (χ0v) is 12.4. The minimum absolute atomic E-state index is 0.0502. The third-order valence-corrected chi connectivity index (χ3v) is 3.11. The molecule has 2 rings (SSSR count). The summed E-state index contributed by atoms with van der Waals surface area (Å²) in [5.74, 6) is -4.34. The quantitative estimate of drug-likeness (QED) is 0.501. The molecule has 24 heavy (non-hydrogen) atoms. The van der Waals surface area contributed by atoms with Gasteiger partial charge in [-0.2, -0.15) is 0 Å². The van der Waals surface area contributed by atoms with Gasteiger partial charge in [0.25, 0.3) is 5.69 Å². The number of carbonyl (C=O) groups excluding carboxylic acids is 2. The maximum absolute atomic E-state index is 13.4. The fourth-order valence-electron chi connectivity index (χ4n) is 1.69. The van der Waals surface area contributed by atoms with Crippen LogP contribution < -0.4 is 10.6 Å². The van der Waals surface area contributed by atoms with E-state index in [1.54, 1.807) is 0 Å². The lowest BCUT2D eigenvalue weighted by atomic mass is 10.2. The smallest absolute Gasteiger partial charge is 0.314 e. The van der Waals surface area contributed by atoms with Crippen molar-refractivity contribution in [1.82, 2.24) is 0 Å². The molecule has 2 N–H and O–H groups in total. The molecule has 0 saturated carbocycles. The molecule has 124 valence electrons. The molecule has 2 amide bonds. The lowest BCUT2D eigenvalue weighted by Crippen LogP contribution is -2.29. The van der Waals surface area contributed by atoms with E-state index in [1.807, 2.05) is 5.32 Å². The molecule has 0 aliphatic heterocycles. The molecular weight excluding hydrogens is 348 g/mol. The third-order valence-electron chi connectivity index (χ3n) is 2.79. The fourth-order valence-corrected chi connectivity index (χ4v) is 1.87. The first kappa shape index (κ1) is 17.3. The van der Waals surface area contributed by atoms with E-state index in [0.29, 0.717) is 6.07 Å². The molecule has 7 nitrogen and oxygen atoms in total. The molecule has 2 aromatic carbocycles. The number of rotatable bonds is 3. The Hall–Kier alpha value is -3.07. The van der Waals surface area contributed by atoms with Crippen LogP contribution in [0.1, 0.15) is 0 Å². The van der Waals surface area contributed by atoms with Gasteiger partial charge in [-0.25, -0.2) is 8.78 Å². The Bertz CT molecular complexity index is 845. The third kappa shape index (κ3) is 4.02. The van der Waals surface area contributed by atoms with Crippen molar-refractivity contribution >= 4 is 40.5 Å². The van der Waals surface area contributed by atoms with Crippen molar-refractivity contribution in [2.45, 2.75) is 0 Å². The van der Waals surface area contributed by atoms with Gasteiger partial charge in [-0.3, -0.25) is 19.7 Å². The summed E-state index contributed by atoms with van der Waals surface area (Å²) < 4.78 is 26.2. The van der Waals surface area contributed by atoms with Crippen molar-refractivity contribution < 1.29 is 23.3 Å². The van der Waals surface area contributed by atoms with Gasteiger partial charge in [-0.05, 0) is 24.3 Å². The van der Waals surface area contributed by atoms with Crippen LogP contribution in [0, 0.1) is 21.7 Å². The molecule has 0 unspecified atom stereocenters. The maximum atomic E-state index is 13.4. The van der Waals surface area contributed by atoms with Gasteiger partial charge in [0.1, 0.15) is 16.7 Å². The Kier molecular flexibility index (Phi) is 5.05. The topological polar surface area (TPSA) is 101 Å². The van der Waals surface area contributed by atoms with Crippen molar-refractivity contribution in [1.29, 1.82) is 0 Å². The number of halogens is 3. The molecule has 0 fully saturated rings. The first-order valence-electron chi connectivity index (χ1n) is 6.29. The second-order valence-corrected chi connectivity index (χ2v) is 4.86. The first-order chi connectivity index (χ1) is 11.3. The lowest BCUT2D eigenvalue weighted by molar-refractivity contribution is -0.384. The zero-order chi connectivity index (χ0) is 17.9. The van der Waals surface area contributed by atoms with E-state index in [4.69, 9.17) is 11.6 Å². The molecule has 0 radical (unpaired) electrons. The van der Waals surface area contributed by atoms with Crippen LogP contribution in [-0.2, 0) is 9.59 Å². The summed E-state index contributed by atoms with van der Waals surface area (Å²) in [6, 6.07) is 5.77. The molecule has 0 aromatic heterocycles. The van der Waals surface area contributed by atoms with E-state index >= 15 is 0 Å². The first-order valence-corrected chi connectivity index (χ1v) is 6.67. The van der Waals surface area contributed by atoms with Gasteiger partial charge in [0.15, 0.2) is 0 Å². The number of anilines is 2. The molecular formula is C14H8ClF2N3O4. The van der Waals surface area contributed by atoms with E-state index in [-0.39, 0.29) is 10.7 Å². The summed E-state index contributed by atoms with van der Waals surface area (Å²) >= 11 is 5.62. The average molecular weight is 356 g/mol. The van der Waals surface area contributed by atoms with E-state index in [2.05, 4.69) is 5.32 Å². The maximum Gasteiger partial charge on any atom is 0.314 e. The summed E-state index contributed by atoms with van der Waals surface area (Å²) in [6.45, 7) is 0. The van der Waals surface area contributed by atoms with Gasteiger partial charge in [0.05, 0.1) is 10.6 Å². The highest BCUT2D eigenvalue weighted by Crippen LogP contribution is 2.27. The summed E-state index contributed by atoms with van der Waals surface area (Å²) in [6.07, 6.45) is 0. The Morgan fingerprint density at radius 1 is 1.04 bits per heavy atom. The normalized spacial score (nSPS) is 10.1. The van der Waals surface area contributed by atoms with Gasteiger partial charge >= 0.3 is 11.8 Å². The van der Waals surface area contributed by atoms with E-state index < -0.39 is 39.7 Å². The Morgan fingerprint density at radius 2 is 1.71 bits per heavy atom. The lowest BCUT2D eigenvalue weighted by Gasteiger charge is -2.07. The van der Waals surface area contributed by atoms with Crippen LogP contribution in [0.25, 0.3) is 0 Å². The second-order valence-electron chi connectivity index (χ2n) is 4.46. The van der Waals surface area contributed by atoms with Gasteiger partial charge in [0, 0.05) is 17.8 Å². The number of nitro benzene ring substituents is 1. The van der Waals surface area contributed by atoms with Gasteiger partial charge in [0.2, 0.25) is 0 Å². The van der Waals surface area contributed by atoms with Crippen LogP contribution in [0.15, 0.2) is 36.4 Å². The Labute approximate surface area is 138 Å². The molecule has 0 heterocycles. The number of nitro groups is 1. The number of benzene rings is 2. The summed E-state index contributed by atoms with van der Waals surface area (Å²) in [7, 11) is 0. The Balaban J connectivity index is 2.10. The highest BCUT2D eigenvalue weighted by molar-refractivity contribution is 6.43. The van der Waals surface area contributed by atoms with Crippen LogP contribution in [-0.4, -0.2) is 16.7 Å². The number of carbonyl (C=O) groups is 2. The molecule has 0 bridgehead atoms. The molecule has 2 aromatic rings. The summed E-state index contributed by atoms with van der Waals surface area (Å²) in [5, 5.41) is 14.7. The van der Waals surface area contributed by atoms with Crippen LogP contribution in [0.3, 0.4) is 0 Å². The van der Waals surface area contributed by atoms with E-state index in [0.717, 1.165) is 18.2 Å². The summed E-state index contributed by atoms with van der Waals surface area (Å²) in [5.41, 5.74) is -0.899. The van der Waals surface area contributed by atoms with Crippen LogP contribution in [0.5, 0.6) is 0 Å². The number of hydrogen-bond acceptors (Lipinski definition) is 4. The SMILES string of the molecule is O=C(Nc1ccc(Cl)c([N+](=O)[O-])c1)C(=O)Nc1ccc(F)cc1F. The standard InChI is InChI=1S/C14H8ClF2N3O4/c15-9-3-2-8(6-12(9)20(23)24)18-13(21)14(22)19-11-4-1-7(16)5-10(11)17/h1-6H,(H,18,21)(H,19,22). The number of nitrogens with zero attached hydrogens (tertiary/aromatic N) is 1. The Morgan fingerprint density at radius 3 is 2.33 bits per heavy atom. The largest absolute Gasteiger partial charge is 0.318 e. The van der Waals surface area contributed by atoms with E-state index in [9.17, 15) is 28.5 Å². The molecule has 0 saturated heterocycles. The zero-order valence-electron chi connectivity index (χ0n) is 11.7. The van der Waals surface area contributed by atoms with Crippen LogP contribution in [0.2, 0.25) is 5.02 Å². The van der Waals surface area contributed by atoms with Gasteiger partial charge in [-0.1, -0.05) is 11.6 Å². The number of nitrogens with one attached hydrogen (secondary N) is 2. The molecule has 0 aliphatic carbocycles. The van der Waals surface area contributed by atoms with Crippen molar-refractivity contribution in [3.63, 3.8) is 0 Å². The number of amides is 2. The highest BCUT2D eigenvalue weighted by Gasteiger charge is 2.18. The van der Waals surface area contributed by atoms with Crippen molar-refractivity contribution in [2.24, 2.45) is 0 Å². The van der Waals surface area contributed by atoms with Crippen LogP contribution >= 0.6 is 11.6 Å². The molecule has 10 heteroatoms. The second kappa shape index (κ2) is 7.01. The summed E-state index contributed by atoms with van der Waals surface area (Å²) in [4.78, 5) is 33.4. The predicted molar refractivity (Wildman–Crippen MR) is 81.7 cm³/mol. The predicted octanol–water partition coefficient (Wildman–Crippen LogP) is 3.10. The molecule has 0 spiro atoms. The van der Waals surface area contributed by atoms with Gasteiger partial charge in [-0.15, -0.1) is 0 Å². The highest BCUT2D eigenvalue weighted by atomic mass is 35.5. The molecule has 0 atom stereocenters. The minimum Gasteiger partial charge on any atom is -0.318 e. The average Bonchev–Trinajstić information content (AvgIpc) is 2.51. The monoisotopic (exact) mass is 355 g/mol. The van der Waals surface area contributed by atoms with Crippen molar-refractivity contribution in [2.75, 3.05) is 10.6 Å². The minimum atomic E-state index is -1.24. The van der Waals surface area contributed by atoms with Gasteiger partial charge < -0.3 is 10.6 Å². The number of hydrogen-bond donors (Lipinski definition) is 2.